The lowest BCUT2D eigenvalue weighted by atomic mass is 9.76. The smallest absolute Gasteiger partial charge is 0.268 e. The quantitative estimate of drug-likeness (QED) is 0.680. The summed E-state index contributed by atoms with van der Waals surface area (Å²) < 4.78 is 0. The SMILES string of the molecule is CC(C)(C)c1cc(C2=C(O)C(=O)C(=O)c3ccccc32)c(O)c(C(C)(C)C)c1. The molecule has 0 amide bonds. The molecule has 4 nitrogen and oxygen atoms in total. The van der Waals surface area contributed by atoms with E-state index in [4.69, 9.17) is 0 Å². The zero-order valence-electron chi connectivity index (χ0n) is 17.2. The van der Waals surface area contributed by atoms with Gasteiger partial charge in [0, 0.05) is 22.3 Å². The van der Waals surface area contributed by atoms with Gasteiger partial charge in [-0.1, -0.05) is 71.9 Å². The number of allylic oxidation sites excluding steroid dienone is 1. The van der Waals surface area contributed by atoms with Crippen LogP contribution in [0.25, 0.3) is 5.57 Å². The molecule has 0 bridgehead atoms. The third-order valence-electron chi connectivity index (χ3n) is 5.15. The van der Waals surface area contributed by atoms with Crippen LogP contribution in [0.1, 0.15) is 74.2 Å². The van der Waals surface area contributed by atoms with Crippen molar-refractivity contribution < 1.29 is 19.8 Å². The van der Waals surface area contributed by atoms with E-state index in [-0.39, 0.29) is 27.7 Å². The van der Waals surface area contributed by atoms with Gasteiger partial charge < -0.3 is 10.2 Å². The molecule has 0 spiro atoms. The van der Waals surface area contributed by atoms with E-state index in [1.54, 1.807) is 30.3 Å². The molecule has 1 aliphatic carbocycles. The van der Waals surface area contributed by atoms with Gasteiger partial charge in [0.25, 0.3) is 5.78 Å². The third kappa shape index (κ3) is 3.13. The largest absolute Gasteiger partial charge is 0.507 e. The van der Waals surface area contributed by atoms with Crippen LogP contribution >= 0.6 is 0 Å². The predicted molar refractivity (Wildman–Crippen MR) is 110 cm³/mol. The van der Waals surface area contributed by atoms with Crippen molar-refractivity contribution >= 4 is 17.1 Å². The van der Waals surface area contributed by atoms with Crippen LogP contribution in [-0.2, 0) is 15.6 Å². The molecule has 0 atom stereocenters. The number of phenols is 1. The Morgan fingerprint density at radius 3 is 1.82 bits per heavy atom. The zero-order valence-corrected chi connectivity index (χ0v) is 17.2. The van der Waals surface area contributed by atoms with E-state index in [1.165, 1.54) is 0 Å². The number of aromatic hydroxyl groups is 1. The highest BCUT2D eigenvalue weighted by molar-refractivity contribution is 6.52. The number of ketones is 2. The van der Waals surface area contributed by atoms with E-state index in [1.807, 2.05) is 26.8 Å². The predicted octanol–water partition coefficient (Wildman–Crippen LogP) is 5.07. The van der Waals surface area contributed by atoms with Crippen molar-refractivity contribution in [2.24, 2.45) is 0 Å². The fourth-order valence-corrected chi connectivity index (χ4v) is 3.47. The lowest BCUT2D eigenvalue weighted by Crippen LogP contribution is -2.25. The van der Waals surface area contributed by atoms with E-state index in [9.17, 15) is 19.8 Å². The summed E-state index contributed by atoms with van der Waals surface area (Å²) in [5, 5.41) is 21.7. The molecule has 0 radical (unpaired) electrons. The summed E-state index contributed by atoms with van der Waals surface area (Å²) in [7, 11) is 0. The number of aliphatic hydroxyl groups excluding tert-OH is 1. The molecule has 3 rings (SSSR count). The van der Waals surface area contributed by atoms with Crippen molar-refractivity contribution in [1.29, 1.82) is 0 Å². The first kappa shape index (κ1) is 19.9. The summed E-state index contributed by atoms with van der Waals surface area (Å²) in [6.45, 7) is 12.2. The van der Waals surface area contributed by atoms with Crippen LogP contribution in [0.4, 0.5) is 0 Å². The van der Waals surface area contributed by atoms with Crippen molar-refractivity contribution in [3.63, 3.8) is 0 Å². The first-order valence-corrected chi connectivity index (χ1v) is 9.34. The van der Waals surface area contributed by atoms with Gasteiger partial charge in [0.05, 0.1) is 0 Å². The molecule has 146 valence electrons. The second kappa shape index (κ2) is 6.33. The summed E-state index contributed by atoms with van der Waals surface area (Å²) in [5.74, 6) is -2.30. The van der Waals surface area contributed by atoms with Crippen LogP contribution in [0.2, 0.25) is 0 Å². The highest BCUT2D eigenvalue weighted by atomic mass is 16.3. The average molecular weight is 378 g/mol. The second-order valence-electron chi connectivity index (χ2n) is 9.35. The summed E-state index contributed by atoms with van der Waals surface area (Å²) in [5.41, 5.74) is 2.36. The van der Waals surface area contributed by atoms with Gasteiger partial charge >= 0.3 is 0 Å². The molecule has 2 aromatic rings. The maximum Gasteiger partial charge on any atom is 0.268 e. The lowest BCUT2D eigenvalue weighted by Gasteiger charge is -2.29. The van der Waals surface area contributed by atoms with Gasteiger partial charge in [0.2, 0.25) is 5.78 Å². The molecule has 0 fully saturated rings. The van der Waals surface area contributed by atoms with Gasteiger partial charge in [-0.15, -0.1) is 0 Å². The lowest BCUT2D eigenvalue weighted by molar-refractivity contribution is -0.114. The van der Waals surface area contributed by atoms with Crippen LogP contribution in [-0.4, -0.2) is 21.8 Å². The van der Waals surface area contributed by atoms with E-state index >= 15 is 0 Å². The Balaban J connectivity index is 2.43. The van der Waals surface area contributed by atoms with Crippen LogP contribution in [0.15, 0.2) is 42.2 Å². The number of carbonyl (C=O) groups is 2. The highest BCUT2D eigenvalue weighted by Gasteiger charge is 2.35. The Labute approximate surface area is 165 Å². The Morgan fingerprint density at radius 2 is 1.29 bits per heavy atom. The Hall–Kier alpha value is -2.88. The number of hydrogen-bond acceptors (Lipinski definition) is 4. The van der Waals surface area contributed by atoms with Crippen molar-refractivity contribution in [2.75, 3.05) is 0 Å². The standard InChI is InChI=1S/C24H26O4/c1-23(2,3)13-11-16(19(25)17(12-13)24(4,5)6)18-14-9-7-8-10-15(14)20(26)22(28)21(18)27/h7-12,25,27H,1-6H3. The molecule has 1 aliphatic rings. The van der Waals surface area contributed by atoms with E-state index in [0.29, 0.717) is 11.1 Å². The summed E-state index contributed by atoms with van der Waals surface area (Å²) >= 11 is 0. The van der Waals surface area contributed by atoms with Crippen LogP contribution < -0.4 is 0 Å². The van der Waals surface area contributed by atoms with Crippen LogP contribution in [0.5, 0.6) is 5.75 Å². The number of fused-ring (bicyclic) bond motifs is 1. The highest BCUT2D eigenvalue weighted by Crippen LogP contribution is 2.44. The molecule has 0 aliphatic heterocycles. The van der Waals surface area contributed by atoms with Crippen molar-refractivity contribution in [3.05, 3.63) is 70.0 Å². The Bertz CT molecular complexity index is 1030. The van der Waals surface area contributed by atoms with Gasteiger partial charge in [-0.25, -0.2) is 0 Å². The normalized spacial score (nSPS) is 15.1. The van der Waals surface area contributed by atoms with Crippen molar-refractivity contribution in [1.82, 2.24) is 0 Å². The fraction of sp³-hybridized carbons (Fsp3) is 0.333. The molecule has 0 aromatic heterocycles. The van der Waals surface area contributed by atoms with E-state index in [2.05, 4.69) is 20.8 Å². The molecule has 0 saturated heterocycles. The van der Waals surface area contributed by atoms with Gasteiger partial charge in [-0.3, -0.25) is 9.59 Å². The van der Waals surface area contributed by atoms with Crippen molar-refractivity contribution in [3.8, 4) is 5.75 Å². The number of benzene rings is 2. The molecule has 4 heteroatoms. The second-order valence-corrected chi connectivity index (χ2v) is 9.35. The van der Waals surface area contributed by atoms with Gasteiger partial charge in [-0.2, -0.15) is 0 Å². The van der Waals surface area contributed by atoms with E-state index < -0.39 is 17.3 Å². The van der Waals surface area contributed by atoms with Gasteiger partial charge in [0.15, 0.2) is 5.76 Å². The maximum atomic E-state index is 12.4. The van der Waals surface area contributed by atoms with Crippen LogP contribution in [0, 0.1) is 0 Å². The summed E-state index contributed by atoms with van der Waals surface area (Å²) in [4.78, 5) is 24.7. The topological polar surface area (TPSA) is 74.6 Å². The maximum absolute atomic E-state index is 12.4. The third-order valence-corrected chi connectivity index (χ3v) is 5.15. The zero-order chi connectivity index (χ0) is 21.0. The Morgan fingerprint density at radius 1 is 0.714 bits per heavy atom. The number of Topliss-reactive ketones (excluding diaryl/α,β-unsaturated/α-hetero) is 2. The summed E-state index contributed by atoms with van der Waals surface area (Å²) in [6.07, 6.45) is 0. The average Bonchev–Trinajstić information content (AvgIpc) is 2.59. The number of carbonyl (C=O) groups excluding carboxylic acids is 2. The minimum absolute atomic E-state index is 0.0130. The molecule has 0 saturated carbocycles. The minimum atomic E-state index is -0.952. The first-order valence-electron chi connectivity index (χ1n) is 9.34. The molecular formula is C24H26O4. The first-order chi connectivity index (χ1) is 12.8. The Kier molecular flexibility index (Phi) is 4.49. The summed E-state index contributed by atoms with van der Waals surface area (Å²) in [6, 6.07) is 10.4. The minimum Gasteiger partial charge on any atom is -0.507 e. The molecule has 0 heterocycles. The van der Waals surface area contributed by atoms with E-state index in [0.717, 1.165) is 11.1 Å². The number of hydrogen-bond donors (Lipinski definition) is 2. The monoisotopic (exact) mass is 378 g/mol. The number of phenolic OH excluding ortho intramolecular Hbond substituents is 1. The fourth-order valence-electron chi connectivity index (χ4n) is 3.47. The van der Waals surface area contributed by atoms with Crippen LogP contribution in [0.3, 0.4) is 0 Å². The molecule has 0 unspecified atom stereocenters. The number of rotatable bonds is 1. The number of aliphatic hydroxyl groups is 1. The molecule has 2 N–H and O–H groups in total. The van der Waals surface area contributed by atoms with Gasteiger partial charge in [-0.05, 0) is 28.0 Å². The molecular weight excluding hydrogens is 352 g/mol. The molecule has 2 aromatic carbocycles. The molecule has 28 heavy (non-hydrogen) atoms. The van der Waals surface area contributed by atoms with Crippen molar-refractivity contribution in [2.45, 2.75) is 52.4 Å². The van der Waals surface area contributed by atoms with Gasteiger partial charge in [0.1, 0.15) is 5.75 Å².